The predicted molar refractivity (Wildman–Crippen MR) is 105 cm³/mol. The number of aromatic nitrogens is 2. The van der Waals surface area contributed by atoms with Gasteiger partial charge in [-0.05, 0) is 49.9 Å². The van der Waals surface area contributed by atoms with Crippen LogP contribution in [0.15, 0.2) is 34.0 Å². The lowest BCUT2D eigenvalue weighted by Crippen LogP contribution is -2.46. The average Bonchev–Trinajstić information content (AvgIpc) is 2.65. The molecule has 2 aromatic rings. The van der Waals surface area contributed by atoms with Crippen molar-refractivity contribution in [1.29, 1.82) is 0 Å². The first-order chi connectivity index (χ1) is 12.8. The molecule has 0 bridgehead atoms. The maximum Gasteiger partial charge on any atom is 0.328 e. The van der Waals surface area contributed by atoms with Gasteiger partial charge < -0.3 is 15.2 Å². The van der Waals surface area contributed by atoms with E-state index in [0.29, 0.717) is 18.7 Å². The van der Waals surface area contributed by atoms with Crippen molar-refractivity contribution in [3.05, 3.63) is 61.9 Å². The van der Waals surface area contributed by atoms with E-state index >= 15 is 0 Å². The summed E-state index contributed by atoms with van der Waals surface area (Å²) in [4.78, 5) is 40.5. The van der Waals surface area contributed by atoms with Gasteiger partial charge in [0.15, 0.2) is 0 Å². The molecule has 0 aliphatic carbocycles. The number of nitrogens with zero attached hydrogens (tertiary/aromatic N) is 2. The summed E-state index contributed by atoms with van der Waals surface area (Å²) in [5.41, 5.74) is 2.96. The fourth-order valence-corrected chi connectivity index (χ4v) is 3.40. The molecule has 2 heterocycles. The number of H-pyrrole nitrogens is 1. The molecular formula is C20H26N4O3. The van der Waals surface area contributed by atoms with Crippen LogP contribution >= 0.6 is 0 Å². The summed E-state index contributed by atoms with van der Waals surface area (Å²) in [5, 5.41) is 3.52. The van der Waals surface area contributed by atoms with E-state index in [1.807, 2.05) is 0 Å². The molecule has 1 aromatic heterocycles. The lowest BCUT2D eigenvalue weighted by atomic mass is 10.0. The number of aromatic amines is 1. The molecule has 1 fully saturated rings. The van der Waals surface area contributed by atoms with Gasteiger partial charge in [0.2, 0.25) is 5.91 Å². The highest BCUT2D eigenvalue weighted by Gasteiger charge is 2.24. The molecule has 0 radical (unpaired) electrons. The Morgan fingerprint density at radius 3 is 2.78 bits per heavy atom. The van der Waals surface area contributed by atoms with Gasteiger partial charge in [-0.15, -0.1) is 0 Å². The maximum atomic E-state index is 12.7. The summed E-state index contributed by atoms with van der Waals surface area (Å²) in [6.45, 7) is 5.46. The molecule has 0 spiro atoms. The summed E-state index contributed by atoms with van der Waals surface area (Å²) in [5.74, 6) is -0.0919. The number of hydrogen-bond donors (Lipinski definition) is 2. The first kappa shape index (κ1) is 18.9. The van der Waals surface area contributed by atoms with Gasteiger partial charge in [0.1, 0.15) is 0 Å². The zero-order chi connectivity index (χ0) is 19.6. The molecule has 7 heteroatoms. The fourth-order valence-electron chi connectivity index (χ4n) is 3.40. The van der Waals surface area contributed by atoms with Gasteiger partial charge in [-0.3, -0.25) is 14.2 Å². The van der Waals surface area contributed by atoms with Crippen LogP contribution in [0.3, 0.4) is 0 Å². The van der Waals surface area contributed by atoms with E-state index in [9.17, 15) is 14.4 Å². The number of likely N-dealkylation sites (tertiary alicyclic amines) is 1. The van der Waals surface area contributed by atoms with Gasteiger partial charge in [-0.1, -0.05) is 6.07 Å². The van der Waals surface area contributed by atoms with E-state index in [2.05, 4.69) is 42.3 Å². The standard InChI is InChI=1S/C20H26N4O3/c1-13-6-7-16(9-14(13)2)22-17-5-4-8-24(12-17)18(25)10-15-11-21-20(27)23(3)19(15)26/h6-7,9,11,17,22H,4-5,8,10,12H2,1-3H3,(H,21,27)/t17-/m0/s1. The smallest absolute Gasteiger partial charge is 0.328 e. The van der Waals surface area contributed by atoms with Crippen molar-refractivity contribution in [3.8, 4) is 0 Å². The largest absolute Gasteiger partial charge is 0.381 e. The van der Waals surface area contributed by atoms with Crippen molar-refractivity contribution in [1.82, 2.24) is 14.5 Å². The number of hydrogen-bond acceptors (Lipinski definition) is 4. The van der Waals surface area contributed by atoms with Crippen LogP contribution in [0.4, 0.5) is 5.69 Å². The minimum absolute atomic E-state index is 0.000185. The summed E-state index contributed by atoms with van der Waals surface area (Å²) in [6.07, 6.45) is 3.26. The summed E-state index contributed by atoms with van der Waals surface area (Å²) in [7, 11) is 1.40. The van der Waals surface area contributed by atoms with Crippen molar-refractivity contribution in [2.45, 2.75) is 39.2 Å². The van der Waals surface area contributed by atoms with Crippen LogP contribution in [-0.4, -0.2) is 39.5 Å². The Morgan fingerprint density at radius 1 is 1.26 bits per heavy atom. The minimum Gasteiger partial charge on any atom is -0.381 e. The summed E-state index contributed by atoms with van der Waals surface area (Å²) in [6, 6.07) is 6.46. The van der Waals surface area contributed by atoms with Crippen molar-refractivity contribution < 1.29 is 4.79 Å². The van der Waals surface area contributed by atoms with Crippen LogP contribution in [0.1, 0.15) is 29.5 Å². The average molecular weight is 370 g/mol. The van der Waals surface area contributed by atoms with E-state index in [1.54, 1.807) is 4.90 Å². The molecule has 1 atom stereocenters. The molecule has 144 valence electrons. The number of carbonyl (C=O) groups is 1. The van der Waals surface area contributed by atoms with Crippen LogP contribution in [0, 0.1) is 13.8 Å². The van der Waals surface area contributed by atoms with Crippen molar-refractivity contribution in [2.75, 3.05) is 18.4 Å². The number of benzene rings is 1. The number of anilines is 1. The van der Waals surface area contributed by atoms with E-state index < -0.39 is 11.2 Å². The molecule has 1 aromatic carbocycles. The molecular weight excluding hydrogens is 344 g/mol. The molecule has 1 saturated heterocycles. The Balaban J connectivity index is 1.66. The normalized spacial score (nSPS) is 17.0. The van der Waals surface area contributed by atoms with E-state index in [0.717, 1.165) is 23.1 Å². The van der Waals surface area contributed by atoms with Crippen molar-refractivity contribution in [3.63, 3.8) is 0 Å². The zero-order valence-electron chi connectivity index (χ0n) is 16.0. The zero-order valence-corrected chi connectivity index (χ0v) is 16.0. The first-order valence-electron chi connectivity index (χ1n) is 9.24. The Labute approximate surface area is 158 Å². The number of rotatable bonds is 4. The third kappa shape index (κ3) is 4.30. The SMILES string of the molecule is Cc1ccc(N[C@H]2CCCN(C(=O)Cc3c[nH]c(=O)n(C)c3=O)C2)cc1C. The number of nitrogens with one attached hydrogen (secondary N) is 2. The second-order valence-corrected chi connectivity index (χ2v) is 7.28. The first-order valence-corrected chi connectivity index (χ1v) is 9.24. The van der Waals surface area contributed by atoms with Gasteiger partial charge in [-0.2, -0.15) is 0 Å². The highest BCUT2D eigenvalue weighted by atomic mass is 16.2. The molecule has 7 nitrogen and oxygen atoms in total. The maximum absolute atomic E-state index is 12.7. The number of carbonyl (C=O) groups excluding carboxylic acids is 1. The molecule has 2 N–H and O–H groups in total. The van der Waals surface area contributed by atoms with Gasteiger partial charge in [-0.25, -0.2) is 4.79 Å². The van der Waals surface area contributed by atoms with Gasteiger partial charge in [0, 0.05) is 43.6 Å². The minimum atomic E-state index is -0.480. The van der Waals surface area contributed by atoms with Gasteiger partial charge in [0.05, 0.1) is 6.42 Å². The Hall–Kier alpha value is -2.83. The van der Waals surface area contributed by atoms with Crippen molar-refractivity contribution >= 4 is 11.6 Å². The van der Waals surface area contributed by atoms with Crippen molar-refractivity contribution in [2.24, 2.45) is 7.05 Å². The summed E-state index contributed by atoms with van der Waals surface area (Å²) >= 11 is 0. The monoisotopic (exact) mass is 370 g/mol. The molecule has 27 heavy (non-hydrogen) atoms. The van der Waals surface area contributed by atoms with Crippen LogP contribution < -0.4 is 16.6 Å². The van der Waals surface area contributed by atoms with Crippen LogP contribution in [0.25, 0.3) is 0 Å². The highest BCUT2D eigenvalue weighted by molar-refractivity contribution is 5.78. The summed E-state index contributed by atoms with van der Waals surface area (Å²) < 4.78 is 0.989. The van der Waals surface area contributed by atoms with E-state index in [4.69, 9.17) is 0 Å². The molecule has 0 saturated carbocycles. The molecule has 1 amide bonds. The Bertz CT molecular complexity index is 960. The van der Waals surface area contributed by atoms with Crippen LogP contribution in [-0.2, 0) is 18.3 Å². The van der Waals surface area contributed by atoms with E-state index in [-0.39, 0.29) is 18.4 Å². The topological polar surface area (TPSA) is 87.2 Å². The number of aryl methyl sites for hydroxylation is 2. The molecule has 1 aliphatic rings. The van der Waals surface area contributed by atoms with Crippen LogP contribution in [0.2, 0.25) is 0 Å². The van der Waals surface area contributed by atoms with Gasteiger partial charge in [0.25, 0.3) is 5.56 Å². The second-order valence-electron chi connectivity index (χ2n) is 7.28. The quantitative estimate of drug-likeness (QED) is 0.850. The lowest BCUT2D eigenvalue weighted by molar-refractivity contribution is -0.131. The third-order valence-electron chi connectivity index (χ3n) is 5.25. The van der Waals surface area contributed by atoms with Gasteiger partial charge >= 0.3 is 5.69 Å². The highest BCUT2D eigenvalue weighted by Crippen LogP contribution is 2.19. The Kier molecular flexibility index (Phi) is 5.48. The lowest BCUT2D eigenvalue weighted by Gasteiger charge is -2.34. The molecule has 3 rings (SSSR count). The third-order valence-corrected chi connectivity index (χ3v) is 5.25. The molecule has 0 unspecified atom stereocenters. The predicted octanol–water partition coefficient (Wildman–Crippen LogP) is 1.34. The number of piperidine rings is 1. The number of amides is 1. The van der Waals surface area contributed by atoms with E-state index in [1.165, 1.54) is 24.4 Å². The van der Waals surface area contributed by atoms with Crippen LogP contribution in [0.5, 0.6) is 0 Å². The fraction of sp³-hybridized carbons (Fsp3) is 0.450. The second kappa shape index (κ2) is 7.82. The molecule has 1 aliphatic heterocycles. The Morgan fingerprint density at radius 2 is 2.04 bits per heavy atom.